The Labute approximate surface area is 157 Å². The number of hydrogen-bond donors (Lipinski definition) is 3. The van der Waals surface area contributed by atoms with Crippen LogP contribution in [0.1, 0.15) is 19.8 Å². The van der Waals surface area contributed by atoms with E-state index in [4.69, 9.17) is 28.1 Å². The zero-order valence-corrected chi connectivity index (χ0v) is 15.2. The second kappa shape index (κ2) is 6.42. The minimum absolute atomic E-state index is 0.590. The van der Waals surface area contributed by atoms with Crippen LogP contribution in [-0.4, -0.2) is 9.38 Å². The molecule has 2 heterocycles. The second-order valence-electron chi connectivity index (χ2n) is 6.41. The van der Waals surface area contributed by atoms with E-state index < -0.39 is 0 Å². The molecule has 4 rings (SSSR count). The minimum atomic E-state index is 0.590. The van der Waals surface area contributed by atoms with Crippen molar-refractivity contribution in [3.05, 3.63) is 70.5 Å². The van der Waals surface area contributed by atoms with Crippen LogP contribution in [0.25, 0.3) is 16.9 Å². The Balaban J connectivity index is 1.96. The Hall–Kier alpha value is -2.92. The van der Waals surface area contributed by atoms with Crippen LogP contribution < -0.4 is 16.8 Å². The molecule has 6 heteroatoms. The van der Waals surface area contributed by atoms with Gasteiger partial charge < -0.3 is 16.8 Å². The highest BCUT2D eigenvalue weighted by Crippen LogP contribution is 2.36. The summed E-state index contributed by atoms with van der Waals surface area (Å²) in [6.07, 6.45) is 3.96. The molecular weight excluding hydrogens is 346 g/mol. The van der Waals surface area contributed by atoms with Crippen LogP contribution in [0, 0.1) is 0 Å². The SMILES string of the molecule is CC1=C(Nc2c(-c3ccccc3Cl)nc3cccc(N)n23)C(N)=CCC1. The molecule has 1 aliphatic rings. The lowest BCUT2D eigenvalue weighted by molar-refractivity contribution is 0.912. The van der Waals surface area contributed by atoms with Crippen LogP contribution in [-0.2, 0) is 0 Å². The standard InChI is InChI=1S/C20H20ClN5/c1-12-6-4-9-15(22)18(12)25-20-19(13-7-2-3-8-14(13)21)24-17-11-5-10-16(23)26(17)20/h2-3,5,7-11,25H,4,6,22-23H2,1H3. The van der Waals surface area contributed by atoms with Crippen molar-refractivity contribution in [2.24, 2.45) is 5.73 Å². The number of pyridine rings is 1. The molecule has 1 aromatic carbocycles. The first-order chi connectivity index (χ1) is 12.6. The number of aromatic nitrogens is 2. The highest BCUT2D eigenvalue weighted by molar-refractivity contribution is 6.33. The highest BCUT2D eigenvalue weighted by atomic mass is 35.5. The summed E-state index contributed by atoms with van der Waals surface area (Å²) >= 11 is 6.44. The van der Waals surface area contributed by atoms with E-state index in [1.54, 1.807) is 0 Å². The average molecular weight is 366 g/mol. The lowest BCUT2D eigenvalue weighted by atomic mass is 10.0. The highest BCUT2D eigenvalue weighted by Gasteiger charge is 2.20. The smallest absolute Gasteiger partial charge is 0.145 e. The maximum atomic E-state index is 6.44. The molecule has 2 aromatic heterocycles. The quantitative estimate of drug-likeness (QED) is 0.635. The van der Waals surface area contributed by atoms with Crippen molar-refractivity contribution in [2.75, 3.05) is 11.1 Å². The zero-order chi connectivity index (χ0) is 18.3. The molecule has 5 nitrogen and oxygen atoms in total. The first kappa shape index (κ1) is 16.5. The molecule has 0 atom stereocenters. The van der Waals surface area contributed by atoms with Gasteiger partial charge in [0.2, 0.25) is 0 Å². The molecule has 0 bridgehead atoms. The van der Waals surface area contributed by atoms with Gasteiger partial charge in [-0.1, -0.05) is 41.9 Å². The summed E-state index contributed by atoms with van der Waals surface area (Å²) < 4.78 is 1.89. The normalized spacial score (nSPS) is 14.6. The van der Waals surface area contributed by atoms with E-state index in [0.717, 1.165) is 47.0 Å². The number of fused-ring (bicyclic) bond motifs is 1. The number of hydrogen-bond acceptors (Lipinski definition) is 4. The van der Waals surface area contributed by atoms with Crippen LogP contribution in [0.5, 0.6) is 0 Å². The Morgan fingerprint density at radius 2 is 1.92 bits per heavy atom. The molecule has 1 aliphatic carbocycles. The van der Waals surface area contributed by atoms with Gasteiger partial charge >= 0.3 is 0 Å². The van der Waals surface area contributed by atoms with Gasteiger partial charge in [-0.2, -0.15) is 0 Å². The average Bonchev–Trinajstić information content (AvgIpc) is 2.98. The van der Waals surface area contributed by atoms with Crippen molar-refractivity contribution in [1.82, 2.24) is 9.38 Å². The number of nitrogens with one attached hydrogen (secondary N) is 1. The fourth-order valence-corrected chi connectivity index (χ4v) is 3.51. The fraction of sp³-hybridized carbons (Fsp3) is 0.150. The lowest BCUT2D eigenvalue weighted by Gasteiger charge is -2.20. The molecular formula is C20H20ClN5. The van der Waals surface area contributed by atoms with E-state index in [2.05, 4.69) is 12.2 Å². The number of imidazole rings is 1. The predicted molar refractivity (Wildman–Crippen MR) is 108 cm³/mol. The van der Waals surface area contributed by atoms with Gasteiger partial charge in [0.05, 0.1) is 16.4 Å². The monoisotopic (exact) mass is 365 g/mol. The van der Waals surface area contributed by atoms with Gasteiger partial charge in [-0.15, -0.1) is 0 Å². The molecule has 132 valence electrons. The van der Waals surface area contributed by atoms with Crippen molar-refractivity contribution in [2.45, 2.75) is 19.8 Å². The topological polar surface area (TPSA) is 81.4 Å². The van der Waals surface area contributed by atoms with Crippen molar-refractivity contribution >= 4 is 28.9 Å². The summed E-state index contributed by atoms with van der Waals surface area (Å²) in [5.74, 6) is 1.35. The summed E-state index contributed by atoms with van der Waals surface area (Å²) in [5.41, 5.74) is 17.7. The molecule has 0 amide bonds. The summed E-state index contributed by atoms with van der Waals surface area (Å²) in [5, 5.41) is 4.12. The molecule has 0 spiro atoms. The lowest BCUT2D eigenvalue weighted by Crippen LogP contribution is -2.16. The summed E-state index contributed by atoms with van der Waals surface area (Å²) in [6.45, 7) is 2.09. The molecule has 0 fully saturated rings. The van der Waals surface area contributed by atoms with Crippen LogP contribution in [0.2, 0.25) is 5.02 Å². The number of halogens is 1. The summed E-state index contributed by atoms with van der Waals surface area (Å²) in [4.78, 5) is 4.77. The molecule has 0 saturated carbocycles. The van der Waals surface area contributed by atoms with E-state index in [-0.39, 0.29) is 0 Å². The van der Waals surface area contributed by atoms with E-state index in [0.29, 0.717) is 10.8 Å². The van der Waals surface area contributed by atoms with E-state index in [1.165, 1.54) is 5.57 Å². The maximum absolute atomic E-state index is 6.44. The van der Waals surface area contributed by atoms with Gasteiger partial charge in [0, 0.05) is 5.56 Å². The molecule has 0 aliphatic heterocycles. The van der Waals surface area contributed by atoms with E-state index in [1.807, 2.05) is 52.9 Å². The summed E-state index contributed by atoms with van der Waals surface area (Å²) in [7, 11) is 0. The summed E-state index contributed by atoms with van der Waals surface area (Å²) in [6, 6.07) is 13.3. The molecule has 5 N–H and O–H groups in total. The van der Waals surface area contributed by atoms with Crippen LogP contribution in [0.4, 0.5) is 11.6 Å². The number of rotatable bonds is 3. The minimum Gasteiger partial charge on any atom is -0.397 e. The predicted octanol–water partition coefficient (Wildman–Crippen LogP) is 4.56. The number of nitrogens with two attached hydrogens (primary N) is 2. The Morgan fingerprint density at radius 3 is 2.69 bits per heavy atom. The molecule has 26 heavy (non-hydrogen) atoms. The largest absolute Gasteiger partial charge is 0.397 e. The number of anilines is 2. The third kappa shape index (κ3) is 2.70. The van der Waals surface area contributed by atoms with Crippen LogP contribution in [0.15, 0.2) is 65.5 Å². The first-order valence-electron chi connectivity index (χ1n) is 8.51. The number of nitrogen functional groups attached to an aromatic ring is 1. The fourth-order valence-electron chi connectivity index (χ4n) is 3.29. The molecule has 0 saturated heterocycles. The Morgan fingerprint density at radius 1 is 1.12 bits per heavy atom. The van der Waals surface area contributed by atoms with Crippen molar-refractivity contribution in [1.29, 1.82) is 0 Å². The third-order valence-electron chi connectivity index (χ3n) is 4.65. The number of benzene rings is 1. The molecule has 0 radical (unpaired) electrons. The number of allylic oxidation sites excluding steroid dienone is 2. The van der Waals surface area contributed by atoms with Gasteiger partial charge in [0.25, 0.3) is 0 Å². The Bertz CT molecular complexity index is 1060. The van der Waals surface area contributed by atoms with Crippen LogP contribution in [0.3, 0.4) is 0 Å². The van der Waals surface area contributed by atoms with Crippen molar-refractivity contribution < 1.29 is 0 Å². The van der Waals surface area contributed by atoms with E-state index >= 15 is 0 Å². The van der Waals surface area contributed by atoms with Crippen molar-refractivity contribution in [3.63, 3.8) is 0 Å². The molecule has 3 aromatic rings. The van der Waals surface area contributed by atoms with Gasteiger partial charge in [0.15, 0.2) is 0 Å². The van der Waals surface area contributed by atoms with Gasteiger partial charge in [-0.25, -0.2) is 4.98 Å². The first-order valence-corrected chi connectivity index (χ1v) is 8.88. The van der Waals surface area contributed by atoms with E-state index in [9.17, 15) is 0 Å². The maximum Gasteiger partial charge on any atom is 0.145 e. The Kier molecular flexibility index (Phi) is 4.09. The van der Waals surface area contributed by atoms with Crippen LogP contribution >= 0.6 is 11.6 Å². The van der Waals surface area contributed by atoms with Crippen molar-refractivity contribution in [3.8, 4) is 11.3 Å². The van der Waals surface area contributed by atoms with Gasteiger partial charge in [-0.3, -0.25) is 4.40 Å². The number of nitrogens with zero attached hydrogens (tertiary/aromatic N) is 2. The second-order valence-corrected chi connectivity index (χ2v) is 6.82. The van der Waals surface area contributed by atoms with Gasteiger partial charge in [-0.05, 0) is 43.5 Å². The third-order valence-corrected chi connectivity index (χ3v) is 4.97. The van der Waals surface area contributed by atoms with Gasteiger partial charge in [0.1, 0.15) is 23.0 Å². The zero-order valence-electron chi connectivity index (χ0n) is 14.5. The molecule has 0 unspecified atom stereocenters.